The van der Waals surface area contributed by atoms with Crippen LogP contribution in [0.2, 0.25) is 0 Å². The number of nitrogens with two attached hydrogens (primary N) is 1. The number of amides is 2. The molecule has 8 nitrogen and oxygen atoms in total. The smallest absolute Gasteiger partial charge is 0.238 e. The van der Waals surface area contributed by atoms with Crippen LogP contribution < -0.4 is 10.5 Å². The predicted molar refractivity (Wildman–Crippen MR) is 99.2 cm³/mol. The molecule has 1 aromatic rings. The van der Waals surface area contributed by atoms with Crippen LogP contribution in [0.3, 0.4) is 0 Å². The number of hydrogen-bond acceptors (Lipinski definition) is 5. The monoisotopic (exact) mass is 393 g/mol. The van der Waals surface area contributed by atoms with Crippen molar-refractivity contribution in [3.05, 3.63) is 36.4 Å². The molecule has 0 spiro atoms. The molecule has 1 aliphatic heterocycles. The lowest BCUT2D eigenvalue weighted by Crippen LogP contribution is -2.47. The van der Waals surface area contributed by atoms with E-state index in [1.165, 1.54) is 24.3 Å². The molecule has 3 N–H and O–H groups in total. The topological polar surface area (TPSA) is 119 Å². The van der Waals surface area contributed by atoms with E-state index in [4.69, 9.17) is 9.88 Å². The maximum Gasteiger partial charge on any atom is 0.238 e. The quantitative estimate of drug-likeness (QED) is 0.731. The van der Waals surface area contributed by atoms with Crippen LogP contribution in [0.15, 0.2) is 41.3 Å². The fraction of sp³-hybridized carbons (Fsp3) is 0.444. The molecular formula is C18H23N3O5S. The van der Waals surface area contributed by atoms with Gasteiger partial charge in [0.1, 0.15) is 0 Å². The molecule has 2 atom stereocenters. The summed E-state index contributed by atoms with van der Waals surface area (Å²) >= 11 is 0. The Morgan fingerprint density at radius 2 is 1.63 bits per heavy atom. The Morgan fingerprint density at radius 1 is 1.04 bits per heavy atom. The number of sulfonamides is 1. The van der Waals surface area contributed by atoms with Gasteiger partial charge in [0.05, 0.1) is 29.9 Å². The van der Waals surface area contributed by atoms with E-state index in [2.05, 4.69) is 5.32 Å². The number of carbonyl (C=O) groups is 2. The zero-order valence-corrected chi connectivity index (χ0v) is 15.7. The molecule has 146 valence electrons. The molecule has 1 heterocycles. The summed E-state index contributed by atoms with van der Waals surface area (Å²) in [6, 6.07) is 5.63. The molecule has 0 radical (unpaired) electrons. The van der Waals surface area contributed by atoms with Crippen LogP contribution >= 0.6 is 0 Å². The van der Waals surface area contributed by atoms with E-state index < -0.39 is 21.9 Å². The molecular weight excluding hydrogens is 370 g/mol. The van der Waals surface area contributed by atoms with Gasteiger partial charge in [0, 0.05) is 18.8 Å². The van der Waals surface area contributed by atoms with Crippen molar-refractivity contribution in [1.82, 2.24) is 4.90 Å². The average molecular weight is 393 g/mol. The van der Waals surface area contributed by atoms with Crippen molar-refractivity contribution in [1.29, 1.82) is 0 Å². The van der Waals surface area contributed by atoms with Gasteiger partial charge in [0.25, 0.3) is 0 Å². The van der Waals surface area contributed by atoms with Gasteiger partial charge in [-0.2, -0.15) is 0 Å². The normalized spacial score (nSPS) is 23.1. The molecule has 1 fully saturated rings. The molecule has 0 saturated carbocycles. The fourth-order valence-electron chi connectivity index (χ4n) is 3.36. The summed E-state index contributed by atoms with van der Waals surface area (Å²) in [6.07, 6.45) is 4.87. The van der Waals surface area contributed by atoms with E-state index in [9.17, 15) is 18.0 Å². The van der Waals surface area contributed by atoms with Crippen LogP contribution in [0.4, 0.5) is 5.69 Å². The van der Waals surface area contributed by atoms with Gasteiger partial charge < -0.3 is 15.0 Å². The molecule has 2 amide bonds. The number of morpholine rings is 1. The molecule has 1 aromatic carbocycles. The third-order valence-corrected chi connectivity index (χ3v) is 5.79. The van der Waals surface area contributed by atoms with E-state index in [-0.39, 0.29) is 16.7 Å². The molecule has 0 bridgehead atoms. The highest BCUT2D eigenvalue weighted by Gasteiger charge is 2.36. The number of primary sulfonamides is 1. The van der Waals surface area contributed by atoms with Crippen molar-refractivity contribution in [2.24, 2.45) is 17.0 Å². The maximum atomic E-state index is 12.9. The van der Waals surface area contributed by atoms with Gasteiger partial charge in [-0.3, -0.25) is 9.59 Å². The zero-order valence-electron chi connectivity index (χ0n) is 14.8. The average Bonchev–Trinajstić information content (AvgIpc) is 2.68. The van der Waals surface area contributed by atoms with Crippen LogP contribution in [0.25, 0.3) is 0 Å². The number of allylic oxidation sites excluding steroid dienone is 2. The van der Waals surface area contributed by atoms with Gasteiger partial charge >= 0.3 is 0 Å². The van der Waals surface area contributed by atoms with Crippen molar-refractivity contribution < 1.29 is 22.7 Å². The second-order valence-corrected chi connectivity index (χ2v) is 8.21. The molecule has 0 aromatic heterocycles. The third-order valence-electron chi connectivity index (χ3n) is 4.86. The minimum atomic E-state index is -3.78. The van der Waals surface area contributed by atoms with Crippen molar-refractivity contribution in [3.8, 4) is 0 Å². The Hall–Kier alpha value is -2.23. The summed E-state index contributed by atoms with van der Waals surface area (Å²) in [7, 11) is -3.78. The van der Waals surface area contributed by atoms with E-state index >= 15 is 0 Å². The van der Waals surface area contributed by atoms with Crippen molar-refractivity contribution in [2.45, 2.75) is 17.7 Å². The fourth-order valence-corrected chi connectivity index (χ4v) is 3.87. The van der Waals surface area contributed by atoms with Gasteiger partial charge in [0.15, 0.2) is 0 Å². The lowest BCUT2D eigenvalue weighted by molar-refractivity contribution is -0.144. The van der Waals surface area contributed by atoms with Crippen LogP contribution in [-0.2, 0) is 24.3 Å². The number of ether oxygens (including phenoxy) is 1. The van der Waals surface area contributed by atoms with Gasteiger partial charge in [-0.15, -0.1) is 0 Å². The summed E-state index contributed by atoms with van der Waals surface area (Å²) < 4.78 is 27.9. The molecule has 1 saturated heterocycles. The minimum absolute atomic E-state index is 0.0210. The Morgan fingerprint density at radius 3 is 2.22 bits per heavy atom. The minimum Gasteiger partial charge on any atom is -0.378 e. The second kappa shape index (κ2) is 8.20. The molecule has 27 heavy (non-hydrogen) atoms. The van der Waals surface area contributed by atoms with Crippen molar-refractivity contribution >= 4 is 27.5 Å². The van der Waals surface area contributed by atoms with E-state index in [1.54, 1.807) is 4.90 Å². The molecule has 2 unspecified atom stereocenters. The second-order valence-electron chi connectivity index (χ2n) is 6.65. The molecule has 2 aliphatic rings. The standard InChI is InChI=1S/C18H23N3O5S/c19-27(24,25)14-7-5-13(6-8-14)20-17(22)15-3-1-2-4-16(15)18(23)21-9-11-26-12-10-21/h1-2,5-8,15-16H,3-4,9-12H2,(H,20,22)(H2,19,24,25). The van der Waals surface area contributed by atoms with Crippen LogP contribution in [0.1, 0.15) is 12.8 Å². The van der Waals surface area contributed by atoms with Gasteiger partial charge in [-0.25, -0.2) is 13.6 Å². The molecule has 3 rings (SSSR count). The Kier molecular flexibility index (Phi) is 5.93. The number of rotatable bonds is 4. The summed E-state index contributed by atoms with van der Waals surface area (Å²) in [5, 5.41) is 7.85. The van der Waals surface area contributed by atoms with Crippen LogP contribution in [0.5, 0.6) is 0 Å². The number of benzene rings is 1. The van der Waals surface area contributed by atoms with Gasteiger partial charge in [-0.1, -0.05) is 12.2 Å². The maximum absolute atomic E-state index is 12.9. The largest absolute Gasteiger partial charge is 0.378 e. The van der Waals surface area contributed by atoms with Crippen molar-refractivity contribution in [3.63, 3.8) is 0 Å². The summed E-state index contributed by atoms with van der Waals surface area (Å²) in [6.45, 7) is 2.12. The molecule has 9 heteroatoms. The number of carbonyl (C=O) groups excluding carboxylic acids is 2. The first-order valence-corrected chi connectivity index (χ1v) is 10.4. The Bertz CT molecular complexity index is 829. The Balaban J connectivity index is 1.70. The number of anilines is 1. The van der Waals surface area contributed by atoms with Crippen LogP contribution in [-0.4, -0.2) is 51.4 Å². The third kappa shape index (κ3) is 4.74. The lowest BCUT2D eigenvalue weighted by atomic mass is 9.81. The highest BCUT2D eigenvalue weighted by Crippen LogP contribution is 2.29. The summed E-state index contributed by atoms with van der Waals surface area (Å²) in [5.74, 6) is -1.15. The number of hydrogen-bond donors (Lipinski definition) is 2. The summed E-state index contributed by atoms with van der Waals surface area (Å²) in [4.78, 5) is 27.3. The first kappa shape index (κ1) is 19.5. The number of nitrogens with zero attached hydrogens (tertiary/aromatic N) is 1. The Labute approximate surface area is 158 Å². The highest BCUT2D eigenvalue weighted by molar-refractivity contribution is 7.89. The SMILES string of the molecule is NS(=O)(=O)c1ccc(NC(=O)C2CC=CCC2C(=O)N2CCOCC2)cc1. The van der Waals surface area contributed by atoms with Crippen molar-refractivity contribution in [2.75, 3.05) is 31.6 Å². The summed E-state index contributed by atoms with van der Waals surface area (Å²) in [5.41, 5.74) is 0.458. The van der Waals surface area contributed by atoms with Gasteiger partial charge in [0.2, 0.25) is 21.8 Å². The zero-order chi connectivity index (χ0) is 19.4. The first-order chi connectivity index (χ1) is 12.9. The van der Waals surface area contributed by atoms with Gasteiger partial charge in [-0.05, 0) is 37.1 Å². The first-order valence-electron chi connectivity index (χ1n) is 8.81. The van der Waals surface area contributed by atoms with E-state index in [1.807, 2.05) is 12.2 Å². The van der Waals surface area contributed by atoms with E-state index in [0.29, 0.717) is 44.8 Å². The number of nitrogens with one attached hydrogen (secondary N) is 1. The molecule has 1 aliphatic carbocycles. The lowest BCUT2D eigenvalue weighted by Gasteiger charge is -2.34. The van der Waals surface area contributed by atoms with E-state index in [0.717, 1.165) is 0 Å². The predicted octanol–water partition coefficient (Wildman–Crippen LogP) is 0.714. The van der Waals surface area contributed by atoms with Crippen LogP contribution in [0, 0.1) is 11.8 Å². The highest BCUT2D eigenvalue weighted by atomic mass is 32.2.